The van der Waals surface area contributed by atoms with Gasteiger partial charge in [-0.1, -0.05) is 29.3 Å². The number of nitrogens with zero attached hydrogens (tertiary/aromatic N) is 3. The number of aliphatic carboxylic acids is 1. The van der Waals surface area contributed by atoms with Gasteiger partial charge in [-0.2, -0.15) is 5.10 Å². The molecule has 0 bridgehead atoms. The molecule has 152 valence electrons. The zero-order valence-electron chi connectivity index (χ0n) is 15.6. The maximum Gasteiger partial charge on any atom is 0.305 e. The molecule has 1 aliphatic heterocycles. The summed E-state index contributed by atoms with van der Waals surface area (Å²) in [5, 5.41) is 17.7. The molecule has 2 N–H and O–H groups in total. The van der Waals surface area contributed by atoms with Crippen molar-refractivity contribution in [3.8, 4) is 11.3 Å². The smallest absolute Gasteiger partial charge is 0.305 e. The fourth-order valence-electron chi connectivity index (χ4n) is 3.68. The number of fused-ring (bicyclic) bond motifs is 1. The predicted octanol–water partition coefficient (Wildman–Crippen LogP) is 4.39. The number of carboxylic acid groups (broad SMARTS) is 1. The van der Waals surface area contributed by atoms with Gasteiger partial charge in [0.15, 0.2) is 0 Å². The fourth-order valence-corrected chi connectivity index (χ4v) is 4.04. The van der Waals surface area contributed by atoms with Gasteiger partial charge in [0.25, 0.3) is 0 Å². The number of rotatable bonds is 7. The number of pyridine rings is 1. The number of benzene rings is 1. The average molecular weight is 435 g/mol. The third-order valence-electron chi connectivity index (χ3n) is 5.08. The number of hydrogen-bond donors (Lipinski definition) is 2. The topological polar surface area (TPSA) is 91.3 Å². The van der Waals surface area contributed by atoms with Gasteiger partial charge in [-0.05, 0) is 31.0 Å². The molecule has 0 unspecified atom stereocenters. The molecule has 0 spiro atoms. The van der Waals surface area contributed by atoms with Crippen LogP contribution in [0.5, 0.6) is 0 Å². The van der Waals surface area contributed by atoms with E-state index in [0.29, 0.717) is 22.2 Å². The van der Waals surface area contributed by atoms with Gasteiger partial charge in [-0.25, -0.2) is 4.98 Å². The Balaban J connectivity index is 1.69. The van der Waals surface area contributed by atoms with E-state index < -0.39 is 5.97 Å². The molecule has 1 atom stereocenters. The van der Waals surface area contributed by atoms with Crippen LogP contribution in [-0.2, 0) is 9.53 Å². The lowest BCUT2D eigenvalue weighted by atomic mass is 10.1. The van der Waals surface area contributed by atoms with Crippen molar-refractivity contribution in [1.29, 1.82) is 0 Å². The molecule has 0 amide bonds. The van der Waals surface area contributed by atoms with E-state index in [0.717, 1.165) is 41.8 Å². The van der Waals surface area contributed by atoms with Crippen LogP contribution in [0.2, 0.25) is 10.0 Å². The minimum atomic E-state index is -0.861. The molecule has 0 aliphatic carbocycles. The van der Waals surface area contributed by atoms with Crippen LogP contribution < -0.4 is 4.90 Å². The van der Waals surface area contributed by atoms with E-state index >= 15 is 0 Å². The van der Waals surface area contributed by atoms with E-state index in [2.05, 4.69) is 15.1 Å². The minimum absolute atomic E-state index is 0.00163. The number of carboxylic acids is 1. The summed E-state index contributed by atoms with van der Waals surface area (Å²) in [6, 6.07) is 7.70. The van der Waals surface area contributed by atoms with E-state index in [9.17, 15) is 4.79 Å². The van der Waals surface area contributed by atoms with Crippen LogP contribution >= 0.6 is 23.2 Å². The van der Waals surface area contributed by atoms with E-state index in [1.54, 1.807) is 12.3 Å². The van der Waals surface area contributed by atoms with E-state index in [1.807, 2.05) is 18.2 Å². The van der Waals surface area contributed by atoms with Crippen LogP contribution in [0.3, 0.4) is 0 Å². The molecule has 0 radical (unpaired) electrons. The van der Waals surface area contributed by atoms with Crippen molar-refractivity contribution < 1.29 is 14.6 Å². The number of halogens is 2. The molecule has 1 aliphatic rings. The summed E-state index contributed by atoms with van der Waals surface area (Å²) >= 11 is 12.7. The lowest BCUT2D eigenvalue weighted by Crippen LogP contribution is -2.34. The third-order valence-corrected chi connectivity index (χ3v) is 5.87. The molecule has 1 aromatic carbocycles. The summed E-state index contributed by atoms with van der Waals surface area (Å²) in [6.07, 6.45) is 3.73. The van der Waals surface area contributed by atoms with Gasteiger partial charge in [0.1, 0.15) is 5.82 Å². The molecular weight excluding hydrogens is 415 g/mol. The Morgan fingerprint density at radius 2 is 2.21 bits per heavy atom. The summed E-state index contributed by atoms with van der Waals surface area (Å²) in [7, 11) is 0. The molecule has 0 saturated carbocycles. The fraction of sp³-hybridized carbons (Fsp3) is 0.350. The van der Waals surface area contributed by atoms with Gasteiger partial charge in [-0.3, -0.25) is 9.89 Å². The van der Waals surface area contributed by atoms with Crippen molar-refractivity contribution in [1.82, 2.24) is 15.2 Å². The van der Waals surface area contributed by atoms with Crippen LogP contribution in [0.1, 0.15) is 19.3 Å². The summed E-state index contributed by atoms with van der Waals surface area (Å²) in [5.74, 6) is -0.0800. The quantitative estimate of drug-likeness (QED) is 0.535. The van der Waals surface area contributed by atoms with Crippen molar-refractivity contribution in [3.63, 3.8) is 0 Å². The maximum absolute atomic E-state index is 10.7. The average Bonchev–Trinajstić information content (AvgIpc) is 3.39. The Kier molecular flexibility index (Phi) is 5.89. The van der Waals surface area contributed by atoms with Gasteiger partial charge in [-0.15, -0.1) is 0 Å². The summed E-state index contributed by atoms with van der Waals surface area (Å²) in [6.45, 7) is 1.49. The Bertz CT molecular complexity index is 1030. The van der Waals surface area contributed by atoms with Crippen LogP contribution in [0, 0.1) is 0 Å². The predicted molar refractivity (Wildman–Crippen MR) is 113 cm³/mol. The Morgan fingerprint density at radius 3 is 2.97 bits per heavy atom. The standard InChI is InChI=1S/C20H20Cl2N4O3/c21-15-4-3-13-14(16-5-7-23-25-16)10-17(24-20(13)19(15)22)26-8-1-2-12(26)11-29-9-6-18(27)28/h3-5,7,10,12H,1-2,6,8-9,11H2,(H,23,25)(H,27,28)/t12-/m0/s1. The van der Waals surface area contributed by atoms with Crippen molar-refractivity contribution >= 4 is 45.9 Å². The normalized spacial score (nSPS) is 16.6. The van der Waals surface area contributed by atoms with Crippen LogP contribution in [0.25, 0.3) is 22.2 Å². The minimum Gasteiger partial charge on any atom is -0.481 e. The first kappa shape index (κ1) is 19.9. The highest BCUT2D eigenvalue weighted by molar-refractivity contribution is 6.45. The van der Waals surface area contributed by atoms with Crippen molar-refractivity contribution in [2.75, 3.05) is 24.7 Å². The molecule has 7 nitrogen and oxygen atoms in total. The molecule has 2 aromatic heterocycles. The van der Waals surface area contributed by atoms with Gasteiger partial charge in [0.2, 0.25) is 0 Å². The number of anilines is 1. The zero-order valence-corrected chi connectivity index (χ0v) is 17.1. The lowest BCUT2D eigenvalue weighted by molar-refractivity contribution is -0.138. The summed E-state index contributed by atoms with van der Waals surface area (Å²) < 4.78 is 5.60. The molecule has 4 rings (SSSR count). The summed E-state index contributed by atoms with van der Waals surface area (Å²) in [4.78, 5) is 17.7. The highest BCUT2D eigenvalue weighted by atomic mass is 35.5. The molecule has 9 heteroatoms. The number of H-pyrrole nitrogens is 1. The first-order chi connectivity index (χ1) is 14.0. The van der Waals surface area contributed by atoms with E-state index in [1.165, 1.54) is 0 Å². The number of hydrogen-bond acceptors (Lipinski definition) is 5. The zero-order chi connectivity index (χ0) is 20.4. The SMILES string of the molecule is O=C(O)CCOC[C@@H]1CCCN1c1cc(-c2cc[nH]n2)c2ccc(Cl)c(Cl)c2n1. The largest absolute Gasteiger partial charge is 0.481 e. The number of nitrogens with one attached hydrogen (secondary N) is 1. The number of aromatic nitrogens is 3. The Hall–Kier alpha value is -2.35. The van der Waals surface area contributed by atoms with Crippen molar-refractivity contribution in [2.24, 2.45) is 0 Å². The van der Waals surface area contributed by atoms with Gasteiger partial charge in [0, 0.05) is 23.7 Å². The highest BCUT2D eigenvalue weighted by Gasteiger charge is 2.27. The van der Waals surface area contributed by atoms with Crippen molar-refractivity contribution in [2.45, 2.75) is 25.3 Å². The second kappa shape index (κ2) is 8.57. The highest BCUT2D eigenvalue weighted by Crippen LogP contribution is 2.38. The molecule has 29 heavy (non-hydrogen) atoms. The van der Waals surface area contributed by atoms with Gasteiger partial charge < -0.3 is 14.7 Å². The van der Waals surface area contributed by atoms with Crippen molar-refractivity contribution in [3.05, 3.63) is 40.5 Å². The molecular formula is C20H20Cl2N4O3. The van der Waals surface area contributed by atoms with Gasteiger partial charge >= 0.3 is 5.97 Å². The number of ether oxygens (including phenoxy) is 1. The second-order valence-electron chi connectivity index (χ2n) is 6.95. The first-order valence-corrected chi connectivity index (χ1v) is 10.2. The summed E-state index contributed by atoms with van der Waals surface area (Å²) in [5.41, 5.74) is 2.35. The maximum atomic E-state index is 10.7. The number of carbonyl (C=O) groups is 1. The first-order valence-electron chi connectivity index (χ1n) is 9.39. The van der Waals surface area contributed by atoms with Crippen LogP contribution in [-0.4, -0.2) is 52.1 Å². The second-order valence-corrected chi connectivity index (χ2v) is 7.74. The van der Waals surface area contributed by atoms with Crippen LogP contribution in [0.15, 0.2) is 30.5 Å². The Labute approximate surface area is 177 Å². The molecule has 3 aromatic rings. The van der Waals surface area contributed by atoms with E-state index in [-0.39, 0.29) is 19.1 Å². The third kappa shape index (κ3) is 4.17. The lowest BCUT2D eigenvalue weighted by Gasteiger charge is -2.26. The Morgan fingerprint density at radius 1 is 1.34 bits per heavy atom. The molecule has 3 heterocycles. The molecule has 1 fully saturated rings. The number of aromatic amines is 1. The van der Waals surface area contributed by atoms with Gasteiger partial charge in [0.05, 0.1) is 46.9 Å². The van der Waals surface area contributed by atoms with Crippen LogP contribution in [0.4, 0.5) is 5.82 Å². The molecule has 1 saturated heterocycles. The van der Waals surface area contributed by atoms with E-state index in [4.69, 9.17) is 38.0 Å². The monoisotopic (exact) mass is 434 g/mol.